The molecule has 2 aromatic rings. The van der Waals surface area contributed by atoms with E-state index in [0.717, 1.165) is 0 Å². The number of carbonyl (C=O) groups is 1. The van der Waals surface area contributed by atoms with E-state index in [1.165, 1.54) is 30.6 Å². The number of hydrogen-bond acceptors (Lipinski definition) is 4. The third-order valence-corrected chi connectivity index (χ3v) is 2.61. The van der Waals surface area contributed by atoms with E-state index in [2.05, 4.69) is 15.3 Å². The first kappa shape index (κ1) is 13.2. The highest BCUT2D eigenvalue weighted by molar-refractivity contribution is 6.30. The minimum absolute atomic E-state index is 0.00972. The number of benzene rings is 1. The SMILES string of the molecule is Nc1cncc(C(=O)NCc2ccc(F)c(Cl)c2)n1. The monoisotopic (exact) mass is 280 g/mol. The summed E-state index contributed by atoms with van der Waals surface area (Å²) in [4.78, 5) is 19.3. The zero-order chi connectivity index (χ0) is 13.8. The van der Waals surface area contributed by atoms with Gasteiger partial charge in [-0.3, -0.25) is 9.78 Å². The molecule has 0 atom stereocenters. The Morgan fingerprint density at radius 3 is 2.89 bits per heavy atom. The van der Waals surface area contributed by atoms with Crippen LogP contribution in [0.5, 0.6) is 0 Å². The lowest BCUT2D eigenvalue weighted by atomic mass is 10.2. The highest BCUT2D eigenvalue weighted by Crippen LogP contribution is 2.15. The molecule has 7 heteroatoms. The first-order valence-corrected chi connectivity index (χ1v) is 5.73. The second-order valence-corrected chi connectivity index (χ2v) is 4.17. The fraction of sp³-hybridized carbons (Fsp3) is 0.0833. The molecule has 0 spiro atoms. The van der Waals surface area contributed by atoms with Crippen LogP contribution < -0.4 is 11.1 Å². The largest absolute Gasteiger partial charge is 0.382 e. The maximum Gasteiger partial charge on any atom is 0.271 e. The molecule has 0 aliphatic rings. The summed E-state index contributed by atoms with van der Waals surface area (Å²) in [6.45, 7) is 0.204. The summed E-state index contributed by atoms with van der Waals surface area (Å²) < 4.78 is 13.0. The van der Waals surface area contributed by atoms with Crippen LogP contribution >= 0.6 is 11.6 Å². The van der Waals surface area contributed by atoms with Gasteiger partial charge in [-0.05, 0) is 17.7 Å². The molecule has 1 aromatic heterocycles. The molecule has 3 N–H and O–H groups in total. The van der Waals surface area contributed by atoms with Gasteiger partial charge in [0.2, 0.25) is 0 Å². The van der Waals surface area contributed by atoms with E-state index < -0.39 is 11.7 Å². The minimum Gasteiger partial charge on any atom is -0.382 e. The standard InChI is InChI=1S/C12H10ClFN4O/c13-8-3-7(1-2-9(8)14)4-17-12(19)10-5-16-6-11(15)18-10/h1-3,5-6H,4H2,(H2,15,18)(H,17,19). The quantitative estimate of drug-likeness (QED) is 0.898. The maximum absolute atomic E-state index is 13.0. The molecule has 0 bridgehead atoms. The highest BCUT2D eigenvalue weighted by Gasteiger charge is 2.08. The van der Waals surface area contributed by atoms with Crippen molar-refractivity contribution >= 4 is 23.3 Å². The first-order valence-electron chi connectivity index (χ1n) is 5.36. The smallest absolute Gasteiger partial charge is 0.271 e. The van der Waals surface area contributed by atoms with E-state index in [-0.39, 0.29) is 23.1 Å². The average molecular weight is 281 g/mol. The molecule has 1 amide bonds. The van der Waals surface area contributed by atoms with Crippen LogP contribution in [0.3, 0.4) is 0 Å². The number of nitrogen functional groups attached to an aromatic ring is 1. The van der Waals surface area contributed by atoms with Crippen LogP contribution in [-0.4, -0.2) is 15.9 Å². The number of nitrogens with one attached hydrogen (secondary N) is 1. The number of rotatable bonds is 3. The van der Waals surface area contributed by atoms with Gasteiger partial charge < -0.3 is 11.1 Å². The van der Waals surface area contributed by atoms with Gasteiger partial charge in [-0.25, -0.2) is 9.37 Å². The van der Waals surface area contributed by atoms with Crippen LogP contribution in [0.15, 0.2) is 30.6 Å². The Morgan fingerprint density at radius 1 is 1.42 bits per heavy atom. The van der Waals surface area contributed by atoms with Crippen LogP contribution in [0, 0.1) is 5.82 Å². The normalized spacial score (nSPS) is 10.2. The van der Waals surface area contributed by atoms with E-state index in [4.69, 9.17) is 17.3 Å². The lowest BCUT2D eigenvalue weighted by Crippen LogP contribution is -2.24. The van der Waals surface area contributed by atoms with Gasteiger partial charge in [0, 0.05) is 6.54 Å². The van der Waals surface area contributed by atoms with Crippen LogP contribution in [0.1, 0.15) is 16.1 Å². The predicted octanol–water partition coefficient (Wildman–Crippen LogP) is 1.78. The second kappa shape index (κ2) is 5.62. The molecule has 2 rings (SSSR count). The van der Waals surface area contributed by atoms with E-state index in [9.17, 15) is 9.18 Å². The molecule has 98 valence electrons. The lowest BCUT2D eigenvalue weighted by molar-refractivity contribution is 0.0945. The summed E-state index contributed by atoms with van der Waals surface area (Å²) in [5.41, 5.74) is 6.22. The summed E-state index contributed by atoms with van der Waals surface area (Å²) in [6.07, 6.45) is 2.65. The van der Waals surface area contributed by atoms with Crippen molar-refractivity contribution in [2.24, 2.45) is 0 Å². The highest BCUT2D eigenvalue weighted by atomic mass is 35.5. The van der Waals surface area contributed by atoms with Crippen LogP contribution in [0.4, 0.5) is 10.2 Å². The molecule has 1 aromatic carbocycles. The Kier molecular flexibility index (Phi) is 3.91. The molecule has 0 radical (unpaired) electrons. The third kappa shape index (κ3) is 3.38. The topological polar surface area (TPSA) is 80.9 Å². The summed E-state index contributed by atoms with van der Waals surface area (Å²) in [6, 6.07) is 4.22. The Morgan fingerprint density at radius 2 is 2.21 bits per heavy atom. The van der Waals surface area contributed by atoms with Gasteiger partial charge >= 0.3 is 0 Å². The minimum atomic E-state index is -0.501. The number of nitrogens with zero attached hydrogens (tertiary/aromatic N) is 2. The van der Waals surface area contributed by atoms with Crippen molar-refractivity contribution < 1.29 is 9.18 Å². The molecule has 0 unspecified atom stereocenters. The summed E-state index contributed by atoms with van der Waals surface area (Å²) in [5, 5.41) is 2.62. The van der Waals surface area contributed by atoms with Crippen molar-refractivity contribution in [1.82, 2.24) is 15.3 Å². The van der Waals surface area contributed by atoms with Crippen molar-refractivity contribution in [2.45, 2.75) is 6.54 Å². The van der Waals surface area contributed by atoms with Gasteiger partial charge in [0.15, 0.2) is 0 Å². The number of aromatic nitrogens is 2. The molecule has 5 nitrogen and oxygen atoms in total. The Hall–Kier alpha value is -2.21. The number of hydrogen-bond donors (Lipinski definition) is 2. The molecule has 0 saturated heterocycles. The molecular formula is C12H10ClFN4O. The Labute approximate surface area is 113 Å². The average Bonchev–Trinajstić information content (AvgIpc) is 2.40. The number of nitrogens with two attached hydrogens (primary N) is 1. The van der Waals surface area contributed by atoms with Gasteiger partial charge in [0.25, 0.3) is 5.91 Å². The summed E-state index contributed by atoms with van der Waals surface area (Å²) >= 11 is 5.64. The van der Waals surface area contributed by atoms with E-state index >= 15 is 0 Å². The van der Waals surface area contributed by atoms with Gasteiger partial charge in [-0.2, -0.15) is 0 Å². The number of halogens is 2. The van der Waals surface area contributed by atoms with Crippen LogP contribution in [0.2, 0.25) is 5.02 Å². The molecule has 0 saturated carbocycles. The molecule has 0 aliphatic heterocycles. The van der Waals surface area contributed by atoms with Crippen molar-refractivity contribution in [3.8, 4) is 0 Å². The van der Waals surface area contributed by atoms with Gasteiger partial charge in [-0.1, -0.05) is 17.7 Å². The number of amides is 1. The fourth-order valence-electron chi connectivity index (χ4n) is 1.41. The zero-order valence-electron chi connectivity index (χ0n) is 9.73. The summed E-state index contributed by atoms with van der Waals surface area (Å²) in [5.74, 6) is -0.754. The molecular weight excluding hydrogens is 271 g/mol. The first-order chi connectivity index (χ1) is 9.06. The van der Waals surface area contributed by atoms with Gasteiger partial charge in [0.1, 0.15) is 17.3 Å². The van der Waals surface area contributed by atoms with Crippen molar-refractivity contribution in [1.29, 1.82) is 0 Å². The van der Waals surface area contributed by atoms with Crippen molar-refractivity contribution in [2.75, 3.05) is 5.73 Å². The molecule has 0 fully saturated rings. The van der Waals surface area contributed by atoms with Crippen molar-refractivity contribution in [3.63, 3.8) is 0 Å². The Bertz CT molecular complexity index is 620. The predicted molar refractivity (Wildman–Crippen MR) is 69.0 cm³/mol. The molecule has 0 aliphatic carbocycles. The lowest BCUT2D eigenvalue weighted by Gasteiger charge is -2.05. The second-order valence-electron chi connectivity index (χ2n) is 3.76. The fourth-order valence-corrected chi connectivity index (χ4v) is 1.62. The maximum atomic E-state index is 13.0. The summed E-state index contributed by atoms with van der Waals surface area (Å²) in [7, 11) is 0. The van der Waals surface area contributed by atoms with Crippen LogP contribution in [-0.2, 0) is 6.54 Å². The molecule has 1 heterocycles. The molecule has 19 heavy (non-hydrogen) atoms. The van der Waals surface area contributed by atoms with Crippen molar-refractivity contribution in [3.05, 3.63) is 52.7 Å². The third-order valence-electron chi connectivity index (χ3n) is 2.32. The van der Waals surface area contributed by atoms with E-state index in [0.29, 0.717) is 5.56 Å². The van der Waals surface area contributed by atoms with Gasteiger partial charge in [-0.15, -0.1) is 0 Å². The number of carbonyl (C=O) groups excluding carboxylic acids is 1. The van der Waals surface area contributed by atoms with E-state index in [1.54, 1.807) is 0 Å². The Balaban J connectivity index is 2.02. The van der Waals surface area contributed by atoms with Crippen LogP contribution in [0.25, 0.3) is 0 Å². The zero-order valence-corrected chi connectivity index (χ0v) is 10.5. The van der Waals surface area contributed by atoms with E-state index in [1.807, 2.05) is 0 Å². The van der Waals surface area contributed by atoms with Gasteiger partial charge in [0.05, 0.1) is 17.4 Å². The number of anilines is 1.